The number of carbonyl (C=O) groups is 1. The highest BCUT2D eigenvalue weighted by atomic mass is 19.1. The summed E-state index contributed by atoms with van der Waals surface area (Å²) >= 11 is 0. The quantitative estimate of drug-likeness (QED) is 0.889. The van der Waals surface area contributed by atoms with E-state index in [9.17, 15) is 13.6 Å². The van der Waals surface area contributed by atoms with E-state index in [0.717, 1.165) is 18.2 Å². The molecule has 2 rings (SSSR count). The lowest BCUT2D eigenvalue weighted by Crippen LogP contribution is -2.04. The van der Waals surface area contributed by atoms with Crippen LogP contribution in [0.2, 0.25) is 0 Å². The van der Waals surface area contributed by atoms with Gasteiger partial charge in [0, 0.05) is 17.3 Å². The zero-order valence-corrected chi connectivity index (χ0v) is 9.45. The van der Waals surface area contributed by atoms with Crippen molar-refractivity contribution in [1.82, 2.24) is 4.98 Å². The Morgan fingerprint density at radius 2 is 1.78 bits per heavy atom. The van der Waals surface area contributed by atoms with Crippen LogP contribution in [0.1, 0.15) is 16.2 Å². The molecule has 18 heavy (non-hydrogen) atoms. The predicted octanol–water partition coefficient (Wildman–Crippen LogP) is 3.03. The fraction of sp³-hybridized carbons (Fsp3) is 0.0769. The molecule has 0 amide bonds. The molecule has 5 heteroatoms. The normalized spacial score (nSPS) is 10.4. The Labute approximate surface area is 102 Å². The molecule has 0 aliphatic rings. The lowest BCUT2D eigenvalue weighted by atomic mass is 10.0. The van der Waals surface area contributed by atoms with E-state index in [4.69, 9.17) is 5.11 Å². The largest absolute Gasteiger partial charge is 0.476 e. The van der Waals surface area contributed by atoms with Gasteiger partial charge in [0.2, 0.25) is 0 Å². The molecule has 0 aliphatic carbocycles. The molecule has 0 bridgehead atoms. The number of nitrogens with zero attached hydrogens (tertiary/aromatic N) is 1. The third-order valence-electron chi connectivity index (χ3n) is 2.41. The molecule has 1 N–H and O–H groups in total. The van der Waals surface area contributed by atoms with Crippen LogP contribution in [-0.4, -0.2) is 16.1 Å². The minimum atomic E-state index is -1.24. The Morgan fingerprint density at radius 3 is 2.33 bits per heavy atom. The van der Waals surface area contributed by atoms with Crippen LogP contribution in [0.25, 0.3) is 11.1 Å². The lowest BCUT2D eigenvalue weighted by molar-refractivity contribution is 0.0691. The Bertz CT molecular complexity index is 606. The van der Waals surface area contributed by atoms with Gasteiger partial charge in [-0.25, -0.2) is 18.6 Å². The van der Waals surface area contributed by atoms with Gasteiger partial charge >= 0.3 is 5.97 Å². The number of aryl methyl sites for hydroxylation is 1. The smallest absolute Gasteiger partial charge is 0.355 e. The van der Waals surface area contributed by atoms with Gasteiger partial charge in [-0.15, -0.1) is 0 Å². The van der Waals surface area contributed by atoms with Crippen molar-refractivity contribution in [2.45, 2.75) is 6.92 Å². The number of aromatic nitrogens is 1. The predicted molar refractivity (Wildman–Crippen MR) is 61.3 cm³/mol. The van der Waals surface area contributed by atoms with E-state index >= 15 is 0 Å². The highest BCUT2D eigenvalue weighted by molar-refractivity contribution is 5.93. The maximum Gasteiger partial charge on any atom is 0.355 e. The maximum absolute atomic E-state index is 13.1. The average molecular weight is 249 g/mol. The number of carboxylic acid groups (broad SMARTS) is 1. The zero-order valence-electron chi connectivity index (χ0n) is 9.45. The summed E-state index contributed by atoms with van der Waals surface area (Å²) in [7, 11) is 0. The van der Waals surface area contributed by atoms with E-state index in [1.807, 2.05) is 0 Å². The summed E-state index contributed by atoms with van der Waals surface area (Å²) in [6, 6.07) is 5.94. The first-order valence-corrected chi connectivity index (χ1v) is 5.15. The standard InChI is InChI=1S/C13H9F2NO2/c1-7-2-3-11(12(16-7)13(17)18)8-4-9(14)6-10(15)5-8/h2-6H,1H3,(H,17,18). The molecule has 0 fully saturated rings. The highest BCUT2D eigenvalue weighted by Gasteiger charge is 2.15. The summed E-state index contributed by atoms with van der Waals surface area (Å²) in [5, 5.41) is 9.04. The van der Waals surface area contributed by atoms with Crippen molar-refractivity contribution < 1.29 is 18.7 Å². The zero-order chi connectivity index (χ0) is 13.3. The minimum Gasteiger partial charge on any atom is -0.476 e. The first kappa shape index (κ1) is 12.2. The summed E-state index contributed by atoms with van der Waals surface area (Å²) in [4.78, 5) is 14.9. The summed E-state index contributed by atoms with van der Waals surface area (Å²) in [5.74, 6) is -2.76. The number of carboxylic acids is 1. The van der Waals surface area contributed by atoms with Crippen LogP contribution in [0.15, 0.2) is 30.3 Å². The van der Waals surface area contributed by atoms with Gasteiger partial charge in [0.15, 0.2) is 5.69 Å². The van der Waals surface area contributed by atoms with Crippen LogP contribution in [0.5, 0.6) is 0 Å². The number of hydrogen-bond donors (Lipinski definition) is 1. The van der Waals surface area contributed by atoms with E-state index in [1.54, 1.807) is 13.0 Å². The van der Waals surface area contributed by atoms with Crippen molar-refractivity contribution in [2.24, 2.45) is 0 Å². The monoisotopic (exact) mass is 249 g/mol. The first-order chi connectivity index (χ1) is 8.47. The Balaban J connectivity index is 2.66. The number of rotatable bonds is 2. The Morgan fingerprint density at radius 1 is 1.17 bits per heavy atom. The molecule has 1 aromatic carbocycles. The molecule has 0 atom stereocenters. The van der Waals surface area contributed by atoms with E-state index in [1.165, 1.54) is 6.07 Å². The Hall–Kier alpha value is -2.30. The molecular weight excluding hydrogens is 240 g/mol. The molecule has 92 valence electrons. The topological polar surface area (TPSA) is 50.2 Å². The second kappa shape index (κ2) is 4.52. The van der Waals surface area contributed by atoms with Gasteiger partial charge < -0.3 is 5.11 Å². The van der Waals surface area contributed by atoms with Crippen LogP contribution >= 0.6 is 0 Å². The third-order valence-corrected chi connectivity index (χ3v) is 2.41. The van der Waals surface area contributed by atoms with Crippen molar-refractivity contribution >= 4 is 5.97 Å². The van der Waals surface area contributed by atoms with Crippen molar-refractivity contribution in [3.63, 3.8) is 0 Å². The summed E-state index contributed by atoms with van der Waals surface area (Å²) < 4.78 is 26.2. The lowest BCUT2D eigenvalue weighted by Gasteiger charge is -2.07. The van der Waals surface area contributed by atoms with Crippen molar-refractivity contribution in [3.8, 4) is 11.1 Å². The van der Waals surface area contributed by atoms with Gasteiger partial charge in [0.1, 0.15) is 11.6 Å². The molecule has 0 saturated heterocycles. The van der Waals surface area contributed by atoms with Gasteiger partial charge in [-0.05, 0) is 30.7 Å². The Kier molecular flexibility index (Phi) is 3.06. The van der Waals surface area contributed by atoms with Crippen LogP contribution in [-0.2, 0) is 0 Å². The molecule has 0 radical (unpaired) electrons. The van der Waals surface area contributed by atoms with Crippen molar-refractivity contribution in [1.29, 1.82) is 0 Å². The molecule has 3 nitrogen and oxygen atoms in total. The van der Waals surface area contributed by atoms with Gasteiger partial charge in [-0.1, -0.05) is 6.07 Å². The van der Waals surface area contributed by atoms with E-state index in [-0.39, 0.29) is 16.8 Å². The number of hydrogen-bond acceptors (Lipinski definition) is 2. The van der Waals surface area contributed by atoms with Gasteiger partial charge in [-0.3, -0.25) is 0 Å². The summed E-state index contributed by atoms with van der Waals surface area (Å²) in [5.41, 5.74) is 0.636. The fourth-order valence-corrected chi connectivity index (χ4v) is 1.66. The van der Waals surface area contributed by atoms with Gasteiger partial charge in [0.25, 0.3) is 0 Å². The molecular formula is C13H9F2NO2. The first-order valence-electron chi connectivity index (χ1n) is 5.15. The van der Waals surface area contributed by atoms with Gasteiger partial charge in [0.05, 0.1) is 0 Å². The van der Waals surface area contributed by atoms with Crippen molar-refractivity contribution in [3.05, 3.63) is 53.4 Å². The third kappa shape index (κ3) is 2.34. The molecule has 1 aromatic heterocycles. The van der Waals surface area contributed by atoms with E-state index in [0.29, 0.717) is 5.69 Å². The fourth-order valence-electron chi connectivity index (χ4n) is 1.66. The molecule has 0 aliphatic heterocycles. The van der Waals surface area contributed by atoms with Crippen LogP contribution in [0.3, 0.4) is 0 Å². The SMILES string of the molecule is Cc1ccc(-c2cc(F)cc(F)c2)c(C(=O)O)n1. The molecule has 0 unspecified atom stereocenters. The van der Waals surface area contributed by atoms with Crippen LogP contribution in [0, 0.1) is 18.6 Å². The summed E-state index contributed by atoms with van der Waals surface area (Å²) in [6.45, 7) is 1.64. The van der Waals surface area contributed by atoms with Gasteiger partial charge in [-0.2, -0.15) is 0 Å². The van der Waals surface area contributed by atoms with E-state index < -0.39 is 17.6 Å². The number of pyridine rings is 1. The van der Waals surface area contributed by atoms with E-state index in [2.05, 4.69) is 4.98 Å². The number of aromatic carboxylic acids is 1. The molecule has 1 heterocycles. The molecule has 0 spiro atoms. The van der Waals surface area contributed by atoms with Crippen LogP contribution < -0.4 is 0 Å². The second-order valence-electron chi connectivity index (χ2n) is 3.81. The molecule has 2 aromatic rings. The maximum atomic E-state index is 13.1. The molecule has 0 saturated carbocycles. The summed E-state index contributed by atoms with van der Waals surface area (Å²) in [6.07, 6.45) is 0. The van der Waals surface area contributed by atoms with Crippen LogP contribution in [0.4, 0.5) is 8.78 Å². The number of benzene rings is 1. The second-order valence-corrected chi connectivity index (χ2v) is 3.81. The highest BCUT2D eigenvalue weighted by Crippen LogP contribution is 2.24. The minimum absolute atomic E-state index is 0.150. The average Bonchev–Trinajstić information content (AvgIpc) is 2.27. The number of halogens is 2. The van der Waals surface area contributed by atoms with Crippen molar-refractivity contribution in [2.75, 3.05) is 0 Å².